The average molecular weight is 279 g/mol. The summed E-state index contributed by atoms with van der Waals surface area (Å²) in [6.07, 6.45) is 0. The topological polar surface area (TPSA) is 17.8 Å². The second-order valence-corrected chi connectivity index (χ2v) is 7.14. The van der Waals surface area contributed by atoms with Crippen LogP contribution in [0.3, 0.4) is 0 Å². The third-order valence-corrected chi connectivity index (χ3v) is 4.06. The Labute approximate surface area is 120 Å². The molecule has 0 aliphatic carbocycles. The van der Waals surface area contributed by atoms with E-state index in [2.05, 4.69) is 57.4 Å². The number of alkyl halides is 1. The minimum absolute atomic E-state index is 0.0856. The molecule has 1 aromatic heterocycles. The van der Waals surface area contributed by atoms with Gasteiger partial charge in [-0.15, -0.1) is 11.6 Å². The van der Waals surface area contributed by atoms with E-state index in [9.17, 15) is 0 Å². The highest BCUT2D eigenvalue weighted by Crippen LogP contribution is 2.36. The van der Waals surface area contributed by atoms with Crippen LogP contribution in [0.2, 0.25) is 0 Å². The number of aromatic nitrogens is 2. The van der Waals surface area contributed by atoms with E-state index in [0.29, 0.717) is 6.04 Å². The lowest BCUT2D eigenvalue weighted by atomic mass is 9.87. The Kier molecular flexibility index (Phi) is 3.65. The Morgan fingerprint density at radius 1 is 1.21 bits per heavy atom. The zero-order valence-corrected chi connectivity index (χ0v) is 13.4. The molecule has 1 aromatic carbocycles. The van der Waals surface area contributed by atoms with Crippen molar-refractivity contribution < 1.29 is 0 Å². The highest BCUT2D eigenvalue weighted by atomic mass is 35.5. The van der Waals surface area contributed by atoms with Crippen molar-refractivity contribution in [2.24, 2.45) is 5.41 Å². The van der Waals surface area contributed by atoms with Crippen LogP contribution < -0.4 is 0 Å². The summed E-state index contributed by atoms with van der Waals surface area (Å²) >= 11 is 6.33. The number of benzene rings is 1. The predicted octanol–water partition coefficient (Wildman–Crippen LogP) is 5.25. The molecule has 0 radical (unpaired) electrons. The van der Waals surface area contributed by atoms with Gasteiger partial charge in [0.1, 0.15) is 5.82 Å². The molecule has 2 rings (SSSR count). The van der Waals surface area contributed by atoms with Crippen LogP contribution in [0.25, 0.3) is 11.0 Å². The van der Waals surface area contributed by atoms with Crippen molar-refractivity contribution in [1.29, 1.82) is 0 Å². The zero-order valence-electron chi connectivity index (χ0n) is 12.7. The van der Waals surface area contributed by atoms with Gasteiger partial charge >= 0.3 is 0 Å². The molecular formula is C16H23ClN2. The number of nitrogens with zero attached hydrogens (tertiary/aromatic N) is 2. The Hall–Kier alpha value is -1.02. The van der Waals surface area contributed by atoms with Crippen molar-refractivity contribution in [3.8, 4) is 0 Å². The summed E-state index contributed by atoms with van der Waals surface area (Å²) in [6.45, 7) is 13.1. The predicted molar refractivity (Wildman–Crippen MR) is 82.9 cm³/mol. The molecule has 1 heterocycles. The van der Waals surface area contributed by atoms with Crippen molar-refractivity contribution in [2.75, 3.05) is 0 Å². The van der Waals surface area contributed by atoms with Gasteiger partial charge in [-0.05, 0) is 43.9 Å². The number of aryl methyl sites for hydroxylation is 1. The number of hydrogen-bond acceptors (Lipinski definition) is 1. The normalized spacial score (nSPS) is 15.7. The Morgan fingerprint density at radius 2 is 1.84 bits per heavy atom. The molecule has 19 heavy (non-hydrogen) atoms. The molecule has 3 heteroatoms. The molecule has 2 aromatic rings. The Bertz CT molecular complexity index is 591. The highest BCUT2D eigenvalue weighted by Gasteiger charge is 2.27. The largest absolute Gasteiger partial charge is 0.323 e. The van der Waals surface area contributed by atoms with Crippen LogP contribution >= 0.6 is 11.6 Å². The van der Waals surface area contributed by atoms with E-state index in [0.717, 1.165) is 11.3 Å². The first-order valence-corrected chi connectivity index (χ1v) is 7.28. The molecule has 0 bridgehead atoms. The highest BCUT2D eigenvalue weighted by molar-refractivity contribution is 6.20. The monoisotopic (exact) mass is 278 g/mol. The van der Waals surface area contributed by atoms with Gasteiger partial charge in [0.25, 0.3) is 0 Å². The molecule has 2 nitrogen and oxygen atoms in total. The molecule has 104 valence electrons. The molecule has 0 N–H and O–H groups in total. The van der Waals surface area contributed by atoms with Crippen molar-refractivity contribution in [1.82, 2.24) is 9.55 Å². The van der Waals surface area contributed by atoms with Crippen molar-refractivity contribution in [2.45, 2.75) is 53.0 Å². The SMILES string of the molecule is Cc1ccc2c(c1)nc(C(C)Cl)n2C(C)C(C)(C)C. The van der Waals surface area contributed by atoms with Gasteiger partial charge < -0.3 is 4.57 Å². The van der Waals surface area contributed by atoms with Gasteiger partial charge in [0.15, 0.2) is 0 Å². The van der Waals surface area contributed by atoms with Gasteiger partial charge in [0.05, 0.1) is 16.4 Å². The number of halogens is 1. The van der Waals surface area contributed by atoms with E-state index in [1.54, 1.807) is 0 Å². The Balaban J connectivity index is 2.72. The second-order valence-electron chi connectivity index (χ2n) is 6.49. The van der Waals surface area contributed by atoms with E-state index >= 15 is 0 Å². The van der Waals surface area contributed by atoms with Gasteiger partial charge in [0.2, 0.25) is 0 Å². The van der Waals surface area contributed by atoms with Crippen molar-refractivity contribution in [3.63, 3.8) is 0 Å². The Morgan fingerprint density at radius 3 is 2.37 bits per heavy atom. The fraction of sp³-hybridized carbons (Fsp3) is 0.562. The van der Waals surface area contributed by atoms with Gasteiger partial charge in [-0.3, -0.25) is 0 Å². The molecule has 0 fully saturated rings. The first kappa shape index (κ1) is 14.4. The lowest BCUT2D eigenvalue weighted by Crippen LogP contribution is -2.23. The fourth-order valence-corrected chi connectivity index (χ4v) is 2.46. The molecule has 2 unspecified atom stereocenters. The molecular weight excluding hydrogens is 256 g/mol. The first-order chi connectivity index (χ1) is 8.71. The minimum Gasteiger partial charge on any atom is -0.323 e. The number of hydrogen-bond donors (Lipinski definition) is 0. The van der Waals surface area contributed by atoms with Gasteiger partial charge in [-0.1, -0.05) is 26.8 Å². The van der Waals surface area contributed by atoms with Crippen molar-refractivity contribution >= 4 is 22.6 Å². The first-order valence-electron chi connectivity index (χ1n) is 6.84. The maximum atomic E-state index is 6.33. The van der Waals surface area contributed by atoms with Crippen LogP contribution in [-0.4, -0.2) is 9.55 Å². The average Bonchev–Trinajstić information content (AvgIpc) is 2.64. The molecule has 0 aliphatic heterocycles. The van der Waals surface area contributed by atoms with E-state index < -0.39 is 0 Å². The molecule has 0 aliphatic rings. The van der Waals surface area contributed by atoms with E-state index in [4.69, 9.17) is 16.6 Å². The summed E-state index contributed by atoms with van der Waals surface area (Å²) in [6, 6.07) is 6.77. The summed E-state index contributed by atoms with van der Waals surface area (Å²) in [5.41, 5.74) is 3.61. The molecule has 0 amide bonds. The van der Waals surface area contributed by atoms with Gasteiger partial charge in [-0.25, -0.2) is 4.98 Å². The van der Waals surface area contributed by atoms with Gasteiger partial charge in [-0.2, -0.15) is 0 Å². The maximum absolute atomic E-state index is 6.33. The third-order valence-electron chi connectivity index (χ3n) is 3.87. The summed E-state index contributed by atoms with van der Waals surface area (Å²) in [7, 11) is 0. The van der Waals surface area contributed by atoms with Crippen LogP contribution in [-0.2, 0) is 0 Å². The van der Waals surface area contributed by atoms with Crippen molar-refractivity contribution in [3.05, 3.63) is 29.6 Å². The second kappa shape index (κ2) is 4.82. The van der Waals surface area contributed by atoms with Crippen LogP contribution in [0.15, 0.2) is 18.2 Å². The van der Waals surface area contributed by atoms with Crippen LogP contribution in [0.5, 0.6) is 0 Å². The quantitative estimate of drug-likeness (QED) is 0.686. The molecule has 0 saturated carbocycles. The summed E-state index contributed by atoms with van der Waals surface area (Å²) in [5.74, 6) is 0.963. The lowest BCUT2D eigenvalue weighted by Gasteiger charge is -2.30. The van der Waals surface area contributed by atoms with E-state index in [-0.39, 0.29) is 10.8 Å². The summed E-state index contributed by atoms with van der Waals surface area (Å²) in [4.78, 5) is 4.74. The van der Waals surface area contributed by atoms with Crippen LogP contribution in [0.1, 0.15) is 57.4 Å². The zero-order chi connectivity index (χ0) is 14.4. The number of rotatable bonds is 2. The number of fused-ring (bicyclic) bond motifs is 1. The van der Waals surface area contributed by atoms with E-state index in [1.165, 1.54) is 11.1 Å². The molecule has 0 spiro atoms. The fourth-order valence-electron chi connectivity index (χ4n) is 2.30. The maximum Gasteiger partial charge on any atom is 0.127 e. The smallest absolute Gasteiger partial charge is 0.127 e. The molecule has 2 atom stereocenters. The molecule has 0 saturated heterocycles. The van der Waals surface area contributed by atoms with Crippen LogP contribution in [0.4, 0.5) is 0 Å². The third kappa shape index (κ3) is 2.64. The van der Waals surface area contributed by atoms with Crippen LogP contribution in [0, 0.1) is 12.3 Å². The minimum atomic E-state index is -0.0856. The lowest BCUT2D eigenvalue weighted by molar-refractivity contribution is 0.262. The summed E-state index contributed by atoms with van der Waals surface area (Å²) in [5, 5.41) is -0.0856. The summed E-state index contributed by atoms with van der Waals surface area (Å²) < 4.78 is 2.30. The van der Waals surface area contributed by atoms with E-state index in [1.807, 2.05) is 6.92 Å². The number of imidazole rings is 1. The van der Waals surface area contributed by atoms with Gasteiger partial charge in [0, 0.05) is 6.04 Å². The standard InChI is InChI=1S/C16H23ClN2/c1-10-7-8-14-13(9-10)18-15(11(2)17)19(14)12(3)16(4,5)6/h7-9,11-12H,1-6H3.